The zero-order chi connectivity index (χ0) is 26.6. The van der Waals surface area contributed by atoms with E-state index in [2.05, 4.69) is 10.1 Å². The van der Waals surface area contributed by atoms with Crippen LogP contribution in [0.1, 0.15) is 75.9 Å². The molecular weight excluding hydrogens is 480 g/mol. The zero-order valence-electron chi connectivity index (χ0n) is 22.0. The van der Waals surface area contributed by atoms with Crippen molar-refractivity contribution in [1.82, 2.24) is 10.1 Å². The molecule has 3 rings (SSSR count). The van der Waals surface area contributed by atoms with Crippen LogP contribution in [-0.2, 0) is 27.2 Å². The first kappa shape index (κ1) is 28.2. The van der Waals surface area contributed by atoms with Crippen LogP contribution in [0.15, 0.2) is 21.7 Å². The molecule has 0 bridgehead atoms. The lowest BCUT2D eigenvalue weighted by molar-refractivity contribution is -0.154. The molecule has 0 saturated carbocycles. The molecule has 2 N–H and O–H groups in total. The maximum atomic E-state index is 13.2. The van der Waals surface area contributed by atoms with E-state index in [4.69, 9.17) is 9.26 Å². The van der Waals surface area contributed by atoms with Gasteiger partial charge in [0.1, 0.15) is 17.6 Å². The van der Waals surface area contributed by atoms with Gasteiger partial charge in [-0.05, 0) is 50.7 Å². The number of rotatable bonds is 2. The van der Waals surface area contributed by atoms with Crippen LogP contribution in [0.2, 0.25) is 0 Å². The summed E-state index contributed by atoms with van der Waals surface area (Å²) in [7, 11) is 0. The molecule has 2 aromatic heterocycles. The standard InChI is InChI=1S/C27H38N2O6S/c1-15-8-7-9-19-13-28-35-22(19)11-21(16(2)10-20-14-36-18(4)29-20)34-24(31)12-23(30)27(5,6)26(33)17(3)25(15)32/h10,13-15,17,21,23,25,30,32H,7-9,11-12H2,1-6H3/t15-,17+,21-,23-,25-/m0/s1. The normalized spacial score (nSPS) is 29.0. The van der Waals surface area contributed by atoms with Crippen molar-refractivity contribution >= 4 is 29.2 Å². The van der Waals surface area contributed by atoms with Crippen molar-refractivity contribution in [2.45, 2.75) is 92.0 Å². The minimum atomic E-state index is -1.26. The highest BCUT2D eigenvalue weighted by Crippen LogP contribution is 2.32. The Balaban J connectivity index is 1.93. The minimum absolute atomic E-state index is 0.113. The van der Waals surface area contributed by atoms with Crippen molar-refractivity contribution in [3.63, 3.8) is 0 Å². The number of ketones is 1. The van der Waals surface area contributed by atoms with Gasteiger partial charge in [-0.3, -0.25) is 9.59 Å². The van der Waals surface area contributed by atoms with Crippen molar-refractivity contribution in [3.8, 4) is 0 Å². The Morgan fingerprint density at radius 1 is 1.22 bits per heavy atom. The van der Waals surface area contributed by atoms with Crippen LogP contribution in [0.4, 0.5) is 0 Å². The van der Waals surface area contributed by atoms with Crippen LogP contribution in [0.5, 0.6) is 0 Å². The van der Waals surface area contributed by atoms with Crippen molar-refractivity contribution in [2.24, 2.45) is 17.3 Å². The average Bonchev–Trinajstić information content (AvgIpc) is 3.44. The van der Waals surface area contributed by atoms with Gasteiger partial charge in [0.15, 0.2) is 0 Å². The number of ether oxygens (including phenoxy) is 1. The molecule has 3 heterocycles. The topological polar surface area (TPSA) is 123 Å². The van der Waals surface area contributed by atoms with E-state index in [0.29, 0.717) is 25.0 Å². The summed E-state index contributed by atoms with van der Waals surface area (Å²) in [5, 5.41) is 28.6. The number of aryl methyl sites for hydroxylation is 2. The number of hydrogen-bond donors (Lipinski definition) is 2. The van der Waals surface area contributed by atoms with Crippen molar-refractivity contribution in [3.05, 3.63) is 39.2 Å². The van der Waals surface area contributed by atoms with E-state index >= 15 is 0 Å². The van der Waals surface area contributed by atoms with Gasteiger partial charge in [-0.25, -0.2) is 4.98 Å². The van der Waals surface area contributed by atoms with Gasteiger partial charge in [-0.15, -0.1) is 11.3 Å². The zero-order valence-corrected chi connectivity index (χ0v) is 22.8. The highest BCUT2D eigenvalue weighted by atomic mass is 32.1. The van der Waals surface area contributed by atoms with Crippen LogP contribution in [-0.4, -0.2) is 50.4 Å². The lowest BCUT2D eigenvalue weighted by Gasteiger charge is -2.34. The van der Waals surface area contributed by atoms with Crippen LogP contribution in [0.3, 0.4) is 0 Å². The van der Waals surface area contributed by atoms with Gasteiger partial charge in [-0.1, -0.05) is 32.9 Å². The third-order valence-electron chi connectivity index (χ3n) is 7.34. The number of hydrogen-bond acceptors (Lipinski definition) is 9. The van der Waals surface area contributed by atoms with E-state index < -0.39 is 35.6 Å². The molecule has 0 saturated heterocycles. The second kappa shape index (κ2) is 11.8. The molecule has 1 aliphatic rings. The van der Waals surface area contributed by atoms with Crippen LogP contribution in [0, 0.1) is 24.2 Å². The minimum Gasteiger partial charge on any atom is -0.457 e. The van der Waals surface area contributed by atoms with Gasteiger partial charge in [0.05, 0.1) is 40.9 Å². The number of carbonyl (C=O) groups is 2. The molecule has 8 nitrogen and oxygen atoms in total. The number of aliphatic hydroxyl groups is 2. The van der Waals surface area contributed by atoms with Crippen molar-refractivity contribution in [1.29, 1.82) is 0 Å². The van der Waals surface area contributed by atoms with Crippen LogP contribution < -0.4 is 0 Å². The first-order valence-electron chi connectivity index (χ1n) is 12.5. The van der Waals surface area contributed by atoms with Crippen molar-refractivity contribution < 1.29 is 29.1 Å². The third-order valence-corrected chi connectivity index (χ3v) is 8.13. The summed E-state index contributed by atoms with van der Waals surface area (Å²) in [5.41, 5.74) is 1.26. The first-order valence-corrected chi connectivity index (χ1v) is 13.4. The first-order chi connectivity index (χ1) is 16.9. The number of esters is 1. The van der Waals surface area contributed by atoms with E-state index in [9.17, 15) is 19.8 Å². The van der Waals surface area contributed by atoms with Gasteiger partial charge in [0.2, 0.25) is 0 Å². The molecule has 0 aromatic carbocycles. The number of Topliss-reactive ketones (excluding diaryl/α,β-unsaturated/α-hetero) is 1. The summed E-state index contributed by atoms with van der Waals surface area (Å²) in [6, 6.07) is 0. The van der Waals surface area contributed by atoms with E-state index in [1.165, 1.54) is 11.3 Å². The molecule has 0 radical (unpaired) electrons. The van der Waals surface area contributed by atoms with E-state index in [-0.39, 0.29) is 18.1 Å². The molecule has 2 aromatic rings. The molecule has 0 fully saturated rings. The molecule has 0 spiro atoms. The van der Waals surface area contributed by atoms with E-state index in [0.717, 1.165) is 28.3 Å². The Morgan fingerprint density at radius 3 is 2.61 bits per heavy atom. The Kier molecular flexibility index (Phi) is 9.24. The summed E-state index contributed by atoms with van der Waals surface area (Å²) in [6.07, 6.45) is 2.93. The number of aliphatic hydroxyl groups excluding tert-OH is 2. The average molecular weight is 519 g/mol. The Morgan fingerprint density at radius 2 is 1.94 bits per heavy atom. The fourth-order valence-corrected chi connectivity index (χ4v) is 5.27. The number of carbonyl (C=O) groups excluding carboxylic acids is 2. The van der Waals surface area contributed by atoms with Gasteiger partial charge >= 0.3 is 5.97 Å². The van der Waals surface area contributed by atoms with Gasteiger partial charge in [0.25, 0.3) is 0 Å². The van der Waals surface area contributed by atoms with Gasteiger partial charge in [-0.2, -0.15) is 0 Å². The smallest absolute Gasteiger partial charge is 0.309 e. The molecule has 9 heteroatoms. The predicted octanol–water partition coefficient (Wildman–Crippen LogP) is 4.31. The highest BCUT2D eigenvalue weighted by molar-refractivity contribution is 7.09. The fraction of sp³-hybridized carbons (Fsp3) is 0.630. The molecule has 0 unspecified atom stereocenters. The maximum Gasteiger partial charge on any atom is 0.309 e. The second-order valence-electron chi connectivity index (χ2n) is 10.6. The SMILES string of the molecule is CC(=Cc1csc(C)n1)[C@@H]1Cc2oncc2CCC[C@H](C)[C@H](O)[C@@H](C)C(=O)C(C)(C)[C@@H](O)CC(=O)O1. The number of fused-ring (bicyclic) bond motifs is 1. The third kappa shape index (κ3) is 6.69. The Hall–Kier alpha value is -2.36. The lowest BCUT2D eigenvalue weighted by Crippen LogP contribution is -2.45. The van der Waals surface area contributed by atoms with Gasteiger partial charge < -0.3 is 19.5 Å². The second-order valence-corrected chi connectivity index (χ2v) is 11.7. The molecular formula is C27H38N2O6S. The maximum absolute atomic E-state index is 13.2. The molecule has 5 atom stereocenters. The summed E-state index contributed by atoms with van der Waals surface area (Å²) in [6.45, 7) is 10.6. The van der Waals surface area contributed by atoms with Crippen LogP contribution in [0.25, 0.3) is 6.08 Å². The summed E-state index contributed by atoms with van der Waals surface area (Å²) in [4.78, 5) is 30.7. The van der Waals surface area contributed by atoms with E-state index in [1.54, 1.807) is 27.0 Å². The van der Waals surface area contributed by atoms with Crippen LogP contribution >= 0.6 is 11.3 Å². The predicted molar refractivity (Wildman–Crippen MR) is 137 cm³/mol. The fourth-order valence-electron chi connectivity index (χ4n) is 4.70. The molecule has 198 valence electrons. The monoisotopic (exact) mass is 518 g/mol. The Labute approximate surface area is 216 Å². The van der Waals surface area contributed by atoms with Crippen molar-refractivity contribution in [2.75, 3.05) is 0 Å². The van der Waals surface area contributed by atoms with E-state index in [1.807, 2.05) is 32.2 Å². The quantitative estimate of drug-likeness (QED) is 0.564. The summed E-state index contributed by atoms with van der Waals surface area (Å²) in [5.74, 6) is -1.05. The molecule has 0 aliphatic carbocycles. The number of cyclic esters (lactones) is 1. The number of aromatic nitrogens is 2. The summed E-state index contributed by atoms with van der Waals surface area (Å²) < 4.78 is 11.4. The highest BCUT2D eigenvalue weighted by Gasteiger charge is 2.42. The largest absolute Gasteiger partial charge is 0.457 e. The molecule has 36 heavy (non-hydrogen) atoms. The van der Waals surface area contributed by atoms with Gasteiger partial charge in [0, 0.05) is 23.3 Å². The lowest BCUT2D eigenvalue weighted by atomic mass is 9.73. The molecule has 1 aliphatic heterocycles. The number of thiazole rings is 1. The summed E-state index contributed by atoms with van der Waals surface area (Å²) >= 11 is 1.54. The number of nitrogens with zero attached hydrogens (tertiary/aromatic N) is 2. The molecule has 0 amide bonds. The Bertz CT molecular complexity index is 1090.